The van der Waals surface area contributed by atoms with Crippen LogP contribution < -0.4 is 15.8 Å². The summed E-state index contributed by atoms with van der Waals surface area (Å²) in [6, 6.07) is 10.7. The first-order valence-corrected chi connectivity index (χ1v) is 6.61. The van der Waals surface area contributed by atoms with E-state index in [-0.39, 0.29) is 5.91 Å². The Morgan fingerprint density at radius 1 is 1.29 bits per heavy atom. The zero-order valence-corrected chi connectivity index (χ0v) is 11.7. The Balaban J connectivity index is 1.93. The highest BCUT2D eigenvalue weighted by molar-refractivity contribution is 6.01. The van der Waals surface area contributed by atoms with Crippen LogP contribution in [0.3, 0.4) is 0 Å². The van der Waals surface area contributed by atoms with Crippen LogP contribution in [0.25, 0.3) is 6.08 Å². The number of amides is 1. The normalized spacial score (nSPS) is 10.5. The van der Waals surface area contributed by atoms with Gasteiger partial charge in [0, 0.05) is 17.8 Å². The summed E-state index contributed by atoms with van der Waals surface area (Å²) in [6.45, 7) is 2.45. The van der Waals surface area contributed by atoms with Crippen LogP contribution in [0.2, 0.25) is 0 Å². The topological polar surface area (TPSA) is 77.2 Å². The van der Waals surface area contributed by atoms with Gasteiger partial charge in [0.2, 0.25) is 11.8 Å². The molecule has 1 amide bonds. The molecular weight excluding hydrogens is 266 g/mol. The van der Waals surface area contributed by atoms with E-state index >= 15 is 0 Å². The van der Waals surface area contributed by atoms with Gasteiger partial charge in [0.25, 0.3) is 0 Å². The molecule has 0 aliphatic heterocycles. The van der Waals surface area contributed by atoms with Crippen molar-refractivity contribution in [3.05, 3.63) is 54.2 Å². The minimum absolute atomic E-state index is 0.224. The fourth-order valence-electron chi connectivity index (χ4n) is 1.65. The Labute approximate surface area is 123 Å². The van der Waals surface area contributed by atoms with Crippen LogP contribution in [0.15, 0.2) is 48.7 Å². The molecule has 3 N–H and O–H groups in total. The lowest BCUT2D eigenvalue weighted by molar-refractivity contribution is -0.111. The number of nitrogens with zero attached hydrogens (tertiary/aromatic N) is 1. The molecule has 0 bridgehead atoms. The molecule has 2 rings (SSSR count). The first-order valence-electron chi connectivity index (χ1n) is 6.61. The van der Waals surface area contributed by atoms with E-state index in [4.69, 9.17) is 10.5 Å². The van der Waals surface area contributed by atoms with Crippen molar-refractivity contribution in [1.82, 2.24) is 4.98 Å². The largest absolute Gasteiger partial charge is 0.478 e. The van der Waals surface area contributed by atoms with Crippen LogP contribution in [0.5, 0.6) is 5.88 Å². The molecule has 1 aromatic carbocycles. The number of rotatable bonds is 5. The van der Waals surface area contributed by atoms with E-state index in [0.29, 0.717) is 23.9 Å². The van der Waals surface area contributed by atoms with E-state index in [2.05, 4.69) is 10.3 Å². The molecule has 0 saturated carbocycles. The van der Waals surface area contributed by atoms with E-state index in [1.54, 1.807) is 36.5 Å². The lowest BCUT2D eigenvalue weighted by Crippen LogP contribution is -2.08. The Hall–Kier alpha value is -2.82. The number of carbonyl (C=O) groups excluding carboxylic acids is 1. The number of anilines is 2. The summed E-state index contributed by atoms with van der Waals surface area (Å²) in [5.74, 6) is 0.311. The minimum atomic E-state index is -0.224. The van der Waals surface area contributed by atoms with Crippen LogP contribution in [0.4, 0.5) is 11.4 Å². The van der Waals surface area contributed by atoms with E-state index in [1.165, 1.54) is 6.08 Å². The SMILES string of the molecule is CCOc1ccc(NC(=O)/C=C/c2ccc(N)cc2)cn1. The molecule has 2 aromatic rings. The van der Waals surface area contributed by atoms with Crippen LogP contribution in [-0.4, -0.2) is 17.5 Å². The number of carbonyl (C=O) groups is 1. The number of hydrogen-bond acceptors (Lipinski definition) is 4. The van der Waals surface area contributed by atoms with Crippen molar-refractivity contribution >= 4 is 23.4 Å². The monoisotopic (exact) mass is 283 g/mol. The Morgan fingerprint density at radius 3 is 2.67 bits per heavy atom. The third kappa shape index (κ3) is 4.65. The molecule has 0 unspecified atom stereocenters. The lowest BCUT2D eigenvalue weighted by atomic mass is 10.2. The van der Waals surface area contributed by atoms with Gasteiger partial charge in [-0.1, -0.05) is 12.1 Å². The van der Waals surface area contributed by atoms with E-state index in [0.717, 1.165) is 5.56 Å². The molecule has 0 saturated heterocycles. The van der Waals surface area contributed by atoms with Gasteiger partial charge in [-0.3, -0.25) is 4.79 Å². The van der Waals surface area contributed by atoms with Crippen molar-refractivity contribution in [2.75, 3.05) is 17.7 Å². The number of pyridine rings is 1. The number of nitrogens with one attached hydrogen (secondary N) is 1. The quantitative estimate of drug-likeness (QED) is 0.653. The molecule has 0 aliphatic carbocycles. The number of nitrogen functional groups attached to an aromatic ring is 1. The number of nitrogens with two attached hydrogens (primary N) is 1. The highest BCUT2D eigenvalue weighted by Crippen LogP contribution is 2.12. The van der Waals surface area contributed by atoms with Crippen LogP contribution in [-0.2, 0) is 4.79 Å². The molecule has 0 fully saturated rings. The molecule has 1 aromatic heterocycles. The van der Waals surface area contributed by atoms with Crippen molar-refractivity contribution in [2.45, 2.75) is 6.92 Å². The molecule has 21 heavy (non-hydrogen) atoms. The minimum Gasteiger partial charge on any atom is -0.478 e. The summed E-state index contributed by atoms with van der Waals surface area (Å²) < 4.78 is 5.23. The van der Waals surface area contributed by atoms with Crippen molar-refractivity contribution in [1.29, 1.82) is 0 Å². The predicted molar refractivity (Wildman–Crippen MR) is 83.9 cm³/mol. The van der Waals surface area contributed by atoms with Gasteiger partial charge in [-0.25, -0.2) is 4.98 Å². The third-order valence-corrected chi connectivity index (χ3v) is 2.66. The molecule has 0 radical (unpaired) electrons. The summed E-state index contributed by atoms with van der Waals surface area (Å²) in [6.07, 6.45) is 4.73. The average Bonchev–Trinajstić information content (AvgIpc) is 2.49. The molecule has 0 atom stereocenters. The second-order valence-electron chi connectivity index (χ2n) is 4.31. The van der Waals surface area contributed by atoms with Gasteiger partial charge in [0.15, 0.2) is 0 Å². The fourth-order valence-corrected chi connectivity index (χ4v) is 1.65. The standard InChI is InChI=1S/C16H17N3O2/c1-2-21-16-10-8-14(11-18-16)19-15(20)9-5-12-3-6-13(17)7-4-12/h3-11H,2,17H2,1H3,(H,19,20)/b9-5+. The first-order chi connectivity index (χ1) is 10.2. The average molecular weight is 283 g/mol. The predicted octanol–water partition coefficient (Wildman–Crippen LogP) is 2.71. The van der Waals surface area contributed by atoms with Crippen molar-refractivity contribution < 1.29 is 9.53 Å². The maximum Gasteiger partial charge on any atom is 0.248 e. The molecule has 108 valence electrons. The van der Waals surface area contributed by atoms with E-state index in [1.807, 2.05) is 19.1 Å². The highest BCUT2D eigenvalue weighted by Gasteiger charge is 1.99. The number of aromatic nitrogens is 1. The summed E-state index contributed by atoms with van der Waals surface area (Å²) in [4.78, 5) is 15.9. The van der Waals surface area contributed by atoms with Gasteiger partial charge < -0.3 is 15.8 Å². The van der Waals surface area contributed by atoms with Crippen LogP contribution in [0.1, 0.15) is 12.5 Å². The zero-order chi connectivity index (χ0) is 15.1. The van der Waals surface area contributed by atoms with Gasteiger partial charge in [0.05, 0.1) is 18.5 Å². The number of benzene rings is 1. The van der Waals surface area contributed by atoms with E-state index in [9.17, 15) is 4.79 Å². The summed E-state index contributed by atoms with van der Waals surface area (Å²) in [5.41, 5.74) is 7.81. The van der Waals surface area contributed by atoms with Gasteiger partial charge >= 0.3 is 0 Å². The number of hydrogen-bond donors (Lipinski definition) is 2. The van der Waals surface area contributed by atoms with E-state index < -0.39 is 0 Å². The highest BCUT2D eigenvalue weighted by atomic mass is 16.5. The first kappa shape index (κ1) is 14.6. The molecule has 0 spiro atoms. The third-order valence-electron chi connectivity index (χ3n) is 2.66. The Kier molecular flexibility index (Phi) is 4.93. The smallest absolute Gasteiger partial charge is 0.248 e. The van der Waals surface area contributed by atoms with Crippen molar-refractivity contribution in [3.8, 4) is 5.88 Å². The molecular formula is C16H17N3O2. The van der Waals surface area contributed by atoms with Crippen LogP contribution in [0, 0.1) is 0 Å². The van der Waals surface area contributed by atoms with Gasteiger partial charge in [-0.2, -0.15) is 0 Å². The maximum absolute atomic E-state index is 11.8. The molecule has 5 nitrogen and oxygen atoms in total. The molecule has 1 heterocycles. The van der Waals surface area contributed by atoms with Crippen molar-refractivity contribution in [2.24, 2.45) is 0 Å². The van der Waals surface area contributed by atoms with Crippen molar-refractivity contribution in [3.63, 3.8) is 0 Å². The Bertz CT molecular complexity index is 619. The fraction of sp³-hybridized carbons (Fsp3) is 0.125. The second kappa shape index (κ2) is 7.09. The lowest BCUT2D eigenvalue weighted by Gasteiger charge is -2.04. The summed E-state index contributed by atoms with van der Waals surface area (Å²) in [7, 11) is 0. The zero-order valence-electron chi connectivity index (χ0n) is 11.7. The van der Waals surface area contributed by atoms with Crippen LogP contribution >= 0.6 is 0 Å². The number of ether oxygens (including phenoxy) is 1. The van der Waals surface area contributed by atoms with Gasteiger partial charge in [-0.15, -0.1) is 0 Å². The summed E-state index contributed by atoms with van der Waals surface area (Å²) >= 11 is 0. The summed E-state index contributed by atoms with van der Waals surface area (Å²) in [5, 5.41) is 2.72. The Morgan fingerprint density at radius 2 is 2.05 bits per heavy atom. The van der Waals surface area contributed by atoms with Gasteiger partial charge in [-0.05, 0) is 36.8 Å². The molecule has 0 aliphatic rings. The molecule has 5 heteroatoms. The van der Waals surface area contributed by atoms with Gasteiger partial charge in [0.1, 0.15) is 0 Å². The second-order valence-corrected chi connectivity index (χ2v) is 4.31. The maximum atomic E-state index is 11.8.